The molecule has 4 heteroatoms. The van der Waals surface area contributed by atoms with E-state index in [1.807, 2.05) is 13.1 Å². The van der Waals surface area contributed by atoms with Crippen LogP contribution in [0.5, 0.6) is 0 Å². The fourth-order valence-corrected chi connectivity index (χ4v) is 1.99. The third-order valence-electron chi connectivity index (χ3n) is 2.46. The molecule has 0 heterocycles. The van der Waals surface area contributed by atoms with E-state index in [0.717, 1.165) is 23.4 Å². The Morgan fingerprint density at radius 1 is 1.44 bits per heavy atom. The molecule has 90 valence electrons. The highest BCUT2D eigenvalue weighted by Gasteiger charge is 2.06. The largest absolute Gasteiger partial charge is 0.326 e. The molecule has 0 aliphatic heterocycles. The van der Waals surface area contributed by atoms with Crippen molar-refractivity contribution in [1.82, 2.24) is 4.90 Å². The molecule has 1 rings (SSSR count). The Hall–Kier alpha value is -0.580. The van der Waals surface area contributed by atoms with Crippen LogP contribution in [-0.4, -0.2) is 30.5 Å². The van der Waals surface area contributed by atoms with Gasteiger partial charge in [0, 0.05) is 31.0 Å². The first kappa shape index (κ1) is 13.5. The molecule has 16 heavy (non-hydrogen) atoms. The molecule has 1 aromatic rings. The van der Waals surface area contributed by atoms with Crippen molar-refractivity contribution in [3.8, 4) is 0 Å². The Bertz CT molecular complexity index is 331. The molecule has 0 bridgehead atoms. The second kappa shape index (κ2) is 6.89. The number of rotatable bonds is 6. The van der Waals surface area contributed by atoms with Crippen LogP contribution < -0.4 is 5.73 Å². The van der Waals surface area contributed by atoms with E-state index in [1.165, 1.54) is 6.07 Å². The molecule has 0 aliphatic carbocycles. The second-order valence-corrected chi connectivity index (χ2v) is 4.85. The molecule has 0 saturated carbocycles. The van der Waals surface area contributed by atoms with Crippen LogP contribution in [0.15, 0.2) is 18.2 Å². The topological polar surface area (TPSA) is 29.3 Å². The number of benzene rings is 1. The fraction of sp³-hybridized carbons (Fsp3) is 0.500. The highest BCUT2D eigenvalue weighted by atomic mass is 32.2. The van der Waals surface area contributed by atoms with E-state index in [9.17, 15) is 4.39 Å². The van der Waals surface area contributed by atoms with Crippen LogP contribution in [0.25, 0.3) is 0 Å². The minimum atomic E-state index is -0.145. The van der Waals surface area contributed by atoms with E-state index < -0.39 is 0 Å². The molecule has 0 aromatic heterocycles. The van der Waals surface area contributed by atoms with Crippen molar-refractivity contribution in [1.29, 1.82) is 0 Å². The average molecular weight is 242 g/mol. The van der Waals surface area contributed by atoms with Gasteiger partial charge in [0.15, 0.2) is 0 Å². The summed E-state index contributed by atoms with van der Waals surface area (Å²) >= 11 is 1.80. The highest BCUT2D eigenvalue weighted by Crippen LogP contribution is 2.12. The summed E-state index contributed by atoms with van der Waals surface area (Å²) in [6.07, 6.45) is 2.07. The monoisotopic (exact) mass is 242 g/mol. The molecular weight excluding hydrogens is 223 g/mol. The van der Waals surface area contributed by atoms with Gasteiger partial charge in [-0.1, -0.05) is 12.1 Å². The minimum Gasteiger partial charge on any atom is -0.326 e. The van der Waals surface area contributed by atoms with E-state index in [0.29, 0.717) is 13.1 Å². The zero-order valence-electron chi connectivity index (χ0n) is 9.87. The van der Waals surface area contributed by atoms with Crippen LogP contribution in [0, 0.1) is 5.82 Å². The lowest BCUT2D eigenvalue weighted by Gasteiger charge is -2.16. The number of hydrogen-bond donors (Lipinski definition) is 1. The maximum atomic E-state index is 13.5. The Morgan fingerprint density at radius 3 is 2.81 bits per heavy atom. The van der Waals surface area contributed by atoms with Crippen molar-refractivity contribution in [3.63, 3.8) is 0 Å². The van der Waals surface area contributed by atoms with E-state index in [1.54, 1.807) is 17.8 Å². The average Bonchev–Trinajstić information content (AvgIpc) is 2.29. The molecule has 0 unspecified atom stereocenters. The predicted molar refractivity (Wildman–Crippen MR) is 69.0 cm³/mol. The highest BCUT2D eigenvalue weighted by molar-refractivity contribution is 7.98. The summed E-state index contributed by atoms with van der Waals surface area (Å²) in [5.74, 6) is 0.919. The van der Waals surface area contributed by atoms with Crippen molar-refractivity contribution in [3.05, 3.63) is 35.1 Å². The predicted octanol–water partition coefficient (Wildman–Crippen LogP) is 2.08. The number of nitrogens with zero attached hydrogens (tertiary/aromatic N) is 1. The number of halogens is 1. The Balaban J connectivity index is 2.64. The molecule has 1 aromatic carbocycles. The molecule has 0 amide bonds. The Labute approximate surface area is 101 Å². The smallest absolute Gasteiger partial charge is 0.127 e. The second-order valence-electron chi connectivity index (χ2n) is 3.86. The molecule has 0 fully saturated rings. The summed E-state index contributed by atoms with van der Waals surface area (Å²) < 4.78 is 13.5. The lowest BCUT2D eigenvalue weighted by Crippen LogP contribution is -2.21. The number of thioether (sulfide) groups is 1. The Morgan fingerprint density at radius 2 is 2.19 bits per heavy atom. The molecule has 2 N–H and O–H groups in total. The molecule has 2 nitrogen and oxygen atoms in total. The maximum Gasteiger partial charge on any atom is 0.127 e. The van der Waals surface area contributed by atoms with Crippen molar-refractivity contribution < 1.29 is 4.39 Å². The SMILES string of the molecule is CSCCN(C)Cc1cc(CN)ccc1F. The van der Waals surface area contributed by atoms with E-state index in [4.69, 9.17) is 5.73 Å². The first-order chi connectivity index (χ1) is 7.67. The molecule has 0 spiro atoms. The number of hydrogen-bond acceptors (Lipinski definition) is 3. The third-order valence-corrected chi connectivity index (χ3v) is 3.05. The van der Waals surface area contributed by atoms with Gasteiger partial charge >= 0.3 is 0 Å². The van der Waals surface area contributed by atoms with Gasteiger partial charge in [0.1, 0.15) is 5.82 Å². The van der Waals surface area contributed by atoms with Crippen LogP contribution in [-0.2, 0) is 13.1 Å². The van der Waals surface area contributed by atoms with E-state index in [2.05, 4.69) is 11.2 Å². The minimum absolute atomic E-state index is 0.145. The van der Waals surface area contributed by atoms with Crippen LogP contribution in [0.1, 0.15) is 11.1 Å². The Kier molecular flexibility index (Phi) is 5.80. The van der Waals surface area contributed by atoms with Gasteiger partial charge in [0.2, 0.25) is 0 Å². The number of nitrogens with two attached hydrogens (primary N) is 1. The zero-order chi connectivity index (χ0) is 12.0. The van der Waals surface area contributed by atoms with Crippen molar-refractivity contribution in [2.75, 3.05) is 25.6 Å². The lowest BCUT2D eigenvalue weighted by atomic mass is 10.1. The van der Waals surface area contributed by atoms with Crippen molar-refractivity contribution in [2.45, 2.75) is 13.1 Å². The first-order valence-electron chi connectivity index (χ1n) is 5.32. The summed E-state index contributed by atoms with van der Waals surface area (Å²) in [6, 6.07) is 5.09. The van der Waals surface area contributed by atoms with Gasteiger partial charge < -0.3 is 10.6 Å². The first-order valence-corrected chi connectivity index (χ1v) is 6.71. The normalized spacial score (nSPS) is 11.1. The van der Waals surface area contributed by atoms with Crippen LogP contribution in [0.3, 0.4) is 0 Å². The van der Waals surface area contributed by atoms with Gasteiger partial charge in [0.05, 0.1) is 0 Å². The molecule has 0 saturated heterocycles. The molecule has 0 aliphatic rings. The van der Waals surface area contributed by atoms with Gasteiger partial charge in [-0.2, -0.15) is 11.8 Å². The van der Waals surface area contributed by atoms with Crippen molar-refractivity contribution in [2.24, 2.45) is 5.73 Å². The van der Waals surface area contributed by atoms with Gasteiger partial charge in [-0.3, -0.25) is 0 Å². The fourth-order valence-electron chi connectivity index (χ4n) is 1.49. The van der Waals surface area contributed by atoms with Crippen LogP contribution in [0.2, 0.25) is 0 Å². The van der Waals surface area contributed by atoms with Gasteiger partial charge in [-0.25, -0.2) is 4.39 Å². The van der Waals surface area contributed by atoms with Gasteiger partial charge in [0.25, 0.3) is 0 Å². The van der Waals surface area contributed by atoms with E-state index in [-0.39, 0.29) is 5.82 Å². The van der Waals surface area contributed by atoms with Gasteiger partial charge in [-0.15, -0.1) is 0 Å². The quantitative estimate of drug-likeness (QED) is 0.828. The van der Waals surface area contributed by atoms with Crippen LogP contribution in [0.4, 0.5) is 4.39 Å². The standard InChI is InChI=1S/C12H19FN2S/c1-15(5-6-16-2)9-11-7-10(8-14)3-4-12(11)13/h3-4,7H,5-6,8-9,14H2,1-2H3. The molecule has 0 radical (unpaired) electrons. The summed E-state index contributed by atoms with van der Waals surface area (Å²) in [4.78, 5) is 2.12. The summed E-state index contributed by atoms with van der Waals surface area (Å²) in [5.41, 5.74) is 7.25. The molecular formula is C12H19FN2S. The third kappa shape index (κ3) is 4.12. The summed E-state index contributed by atoms with van der Waals surface area (Å²) in [6.45, 7) is 2.06. The van der Waals surface area contributed by atoms with Crippen LogP contribution >= 0.6 is 11.8 Å². The maximum absolute atomic E-state index is 13.5. The summed E-state index contributed by atoms with van der Waals surface area (Å²) in [5, 5.41) is 0. The van der Waals surface area contributed by atoms with E-state index >= 15 is 0 Å². The lowest BCUT2D eigenvalue weighted by molar-refractivity contribution is 0.342. The van der Waals surface area contributed by atoms with Crippen molar-refractivity contribution >= 4 is 11.8 Å². The van der Waals surface area contributed by atoms with Gasteiger partial charge in [-0.05, 0) is 24.9 Å². The summed E-state index contributed by atoms with van der Waals surface area (Å²) in [7, 11) is 2.00. The zero-order valence-corrected chi connectivity index (χ0v) is 10.7. The molecule has 0 atom stereocenters.